The van der Waals surface area contributed by atoms with Crippen LogP contribution in [0.3, 0.4) is 0 Å². The fraction of sp³-hybridized carbons (Fsp3) is 0.250. The molecule has 0 saturated carbocycles. The predicted molar refractivity (Wildman–Crippen MR) is 68.5 cm³/mol. The molecule has 2 aromatic rings. The first-order chi connectivity index (χ1) is 8.77. The fourth-order valence-corrected chi connectivity index (χ4v) is 1.62. The predicted octanol–water partition coefficient (Wildman–Crippen LogP) is 1.73. The monoisotopic (exact) mass is 246 g/mol. The van der Waals surface area contributed by atoms with Crippen LogP contribution in [0, 0.1) is 0 Å². The Kier molecular flexibility index (Phi) is 3.57. The minimum absolute atomic E-state index is 0.320. The lowest BCUT2D eigenvalue weighted by molar-refractivity contribution is 0.0527. The van der Waals surface area contributed by atoms with Crippen molar-refractivity contribution in [1.29, 1.82) is 0 Å². The highest BCUT2D eigenvalue weighted by molar-refractivity contribution is 6.03. The van der Waals surface area contributed by atoms with Gasteiger partial charge in [0, 0.05) is 12.7 Å². The van der Waals surface area contributed by atoms with Gasteiger partial charge >= 0.3 is 5.97 Å². The van der Waals surface area contributed by atoms with Crippen LogP contribution in [0.2, 0.25) is 0 Å². The van der Waals surface area contributed by atoms with Gasteiger partial charge in [-0.25, -0.2) is 4.79 Å². The van der Waals surface area contributed by atoms with Crippen LogP contribution in [0.1, 0.15) is 17.3 Å². The Balaban J connectivity index is 2.49. The van der Waals surface area contributed by atoms with E-state index in [2.05, 4.69) is 27.1 Å². The minimum atomic E-state index is -0.409. The molecular weight excluding hydrogens is 232 g/mol. The van der Waals surface area contributed by atoms with Crippen molar-refractivity contribution >= 4 is 22.7 Å². The molecule has 0 bridgehead atoms. The van der Waals surface area contributed by atoms with Gasteiger partial charge in [-0.2, -0.15) is 5.10 Å². The summed E-state index contributed by atoms with van der Waals surface area (Å²) in [5, 5.41) is 9.83. The van der Waals surface area contributed by atoms with Gasteiger partial charge in [0.1, 0.15) is 16.6 Å². The molecule has 0 aliphatic heterocycles. The summed E-state index contributed by atoms with van der Waals surface area (Å²) in [5.41, 5.74) is 2.39. The molecule has 18 heavy (non-hydrogen) atoms. The Morgan fingerprint density at radius 3 is 3.17 bits per heavy atom. The van der Waals surface area contributed by atoms with E-state index in [4.69, 9.17) is 4.74 Å². The third kappa shape index (κ3) is 2.17. The quantitative estimate of drug-likeness (QED) is 0.620. The first kappa shape index (κ1) is 12.1. The normalized spacial score (nSPS) is 10.3. The number of pyridine rings is 1. The van der Waals surface area contributed by atoms with E-state index >= 15 is 0 Å². The summed E-state index contributed by atoms with van der Waals surface area (Å²) in [7, 11) is 0. The van der Waals surface area contributed by atoms with Gasteiger partial charge < -0.3 is 10.1 Å². The van der Waals surface area contributed by atoms with Crippen molar-refractivity contribution in [3.63, 3.8) is 0 Å². The lowest BCUT2D eigenvalue weighted by Crippen LogP contribution is -2.11. The molecule has 2 rings (SSSR count). The van der Waals surface area contributed by atoms with Crippen LogP contribution in [0.15, 0.2) is 25.0 Å². The van der Waals surface area contributed by atoms with E-state index in [9.17, 15) is 4.79 Å². The second kappa shape index (κ2) is 5.31. The highest BCUT2D eigenvalue weighted by Crippen LogP contribution is 2.24. The Morgan fingerprint density at radius 2 is 2.44 bits per heavy atom. The van der Waals surface area contributed by atoms with Gasteiger partial charge in [-0.1, -0.05) is 6.08 Å². The number of aromatic nitrogens is 3. The highest BCUT2D eigenvalue weighted by Gasteiger charge is 2.17. The number of esters is 1. The van der Waals surface area contributed by atoms with Gasteiger partial charge in [-0.05, 0) is 6.92 Å². The summed E-state index contributed by atoms with van der Waals surface area (Å²) in [6.07, 6.45) is 4.79. The van der Waals surface area contributed by atoms with Gasteiger partial charge in [0.05, 0.1) is 18.5 Å². The third-order valence-corrected chi connectivity index (χ3v) is 2.39. The first-order valence-corrected chi connectivity index (χ1v) is 5.62. The molecule has 6 heteroatoms. The van der Waals surface area contributed by atoms with Gasteiger partial charge in [-0.15, -0.1) is 6.58 Å². The van der Waals surface area contributed by atoms with E-state index in [-0.39, 0.29) is 0 Å². The Labute approximate surface area is 104 Å². The van der Waals surface area contributed by atoms with E-state index in [1.54, 1.807) is 19.2 Å². The summed E-state index contributed by atoms with van der Waals surface area (Å²) >= 11 is 0. The molecule has 0 saturated heterocycles. The standard InChI is InChI=1S/C12H14N4O2/c1-3-5-13-10-8(12(17)18-4-2)6-14-9-7-15-16-11(9)10/h3,6-7H,1,4-5H2,2H3,(H,13,14)(H,15,16). The Morgan fingerprint density at radius 1 is 1.61 bits per heavy atom. The van der Waals surface area contributed by atoms with Gasteiger partial charge in [0.25, 0.3) is 0 Å². The number of nitrogens with zero attached hydrogens (tertiary/aromatic N) is 2. The van der Waals surface area contributed by atoms with Crippen molar-refractivity contribution in [1.82, 2.24) is 15.2 Å². The lowest BCUT2D eigenvalue weighted by atomic mass is 10.2. The number of nitrogens with one attached hydrogen (secondary N) is 2. The maximum absolute atomic E-state index is 11.8. The molecule has 2 N–H and O–H groups in total. The maximum Gasteiger partial charge on any atom is 0.341 e. The second-order valence-corrected chi connectivity index (χ2v) is 3.57. The van der Waals surface area contributed by atoms with Crippen LogP contribution in [-0.2, 0) is 4.74 Å². The fourth-order valence-electron chi connectivity index (χ4n) is 1.62. The summed E-state index contributed by atoms with van der Waals surface area (Å²) in [5.74, 6) is -0.409. The van der Waals surface area contributed by atoms with Crippen LogP contribution < -0.4 is 5.32 Å². The molecule has 0 atom stereocenters. The molecule has 0 aromatic carbocycles. The maximum atomic E-state index is 11.8. The number of hydrogen-bond acceptors (Lipinski definition) is 5. The van der Waals surface area contributed by atoms with E-state index in [1.165, 1.54) is 6.20 Å². The van der Waals surface area contributed by atoms with Gasteiger partial charge in [0.2, 0.25) is 0 Å². The van der Waals surface area contributed by atoms with Crippen LogP contribution in [0.25, 0.3) is 11.0 Å². The number of hydrogen-bond donors (Lipinski definition) is 2. The van der Waals surface area contributed by atoms with Crippen molar-refractivity contribution < 1.29 is 9.53 Å². The summed E-state index contributed by atoms with van der Waals surface area (Å²) < 4.78 is 4.99. The van der Waals surface area contributed by atoms with Crippen molar-refractivity contribution in [3.8, 4) is 0 Å². The molecule has 6 nitrogen and oxygen atoms in total. The molecule has 0 aliphatic rings. The third-order valence-electron chi connectivity index (χ3n) is 2.39. The number of carbonyl (C=O) groups excluding carboxylic acids is 1. The minimum Gasteiger partial charge on any atom is -0.462 e. The molecule has 0 fully saturated rings. The van der Waals surface area contributed by atoms with Crippen molar-refractivity contribution in [3.05, 3.63) is 30.6 Å². The molecule has 94 valence electrons. The number of anilines is 1. The molecule has 0 radical (unpaired) electrons. The average Bonchev–Trinajstić information content (AvgIpc) is 2.84. The number of rotatable bonds is 5. The average molecular weight is 246 g/mol. The second-order valence-electron chi connectivity index (χ2n) is 3.57. The molecule has 0 spiro atoms. The topological polar surface area (TPSA) is 79.9 Å². The SMILES string of the molecule is C=CCNc1c(C(=O)OCC)cnc2cn[nH]c12. The number of aromatic amines is 1. The van der Waals surface area contributed by atoms with E-state index in [0.717, 1.165) is 0 Å². The Hall–Kier alpha value is -2.37. The summed E-state index contributed by atoms with van der Waals surface area (Å²) in [4.78, 5) is 16.0. The molecule has 2 aromatic heterocycles. The van der Waals surface area contributed by atoms with Crippen LogP contribution >= 0.6 is 0 Å². The van der Waals surface area contributed by atoms with Crippen molar-refractivity contribution in [2.24, 2.45) is 0 Å². The largest absolute Gasteiger partial charge is 0.462 e. The Bertz CT molecular complexity index is 576. The molecule has 0 aliphatic carbocycles. The van der Waals surface area contributed by atoms with E-state index in [1.807, 2.05) is 0 Å². The number of fused-ring (bicyclic) bond motifs is 1. The lowest BCUT2D eigenvalue weighted by Gasteiger charge is -2.10. The van der Waals surface area contributed by atoms with Crippen molar-refractivity contribution in [2.75, 3.05) is 18.5 Å². The van der Waals surface area contributed by atoms with E-state index < -0.39 is 5.97 Å². The molecule has 0 amide bonds. The number of H-pyrrole nitrogens is 1. The number of carbonyl (C=O) groups is 1. The van der Waals surface area contributed by atoms with Gasteiger partial charge in [-0.3, -0.25) is 10.1 Å². The first-order valence-electron chi connectivity index (χ1n) is 5.62. The van der Waals surface area contributed by atoms with Crippen molar-refractivity contribution in [2.45, 2.75) is 6.92 Å². The molecular formula is C12H14N4O2. The number of ether oxygens (including phenoxy) is 1. The zero-order valence-corrected chi connectivity index (χ0v) is 10.1. The molecule has 0 unspecified atom stereocenters. The van der Waals surface area contributed by atoms with E-state index in [0.29, 0.717) is 35.4 Å². The summed E-state index contributed by atoms with van der Waals surface area (Å²) in [6.45, 7) is 6.25. The zero-order valence-electron chi connectivity index (χ0n) is 10.1. The summed E-state index contributed by atoms with van der Waals surface area (Å²) in [6, 6.07) is 0. The van der Waals surface area contributed by atoms with Crippen LogP contribution in [-0.4, -0.2) is 34.3 Å². The van der Waals surface area contributed by atoms with Crippen LogP contribution in [0.5, 0.6) is 0 Å². The smallest absolute Gasteiger partial charge is 0.341 e. The zero-order chi connectivity index (χ0) is 13.0. The van der Waals surface area contributed by atoms with Gasteiger partial charge in [0.15, 0.2) is 0 Å². The van der Waals surface area contributed by atoms with Crippen LogP contribution in [0.4, 0.5) is 5.69 Å². The highest BCUT2D eigenvalue weighted by atomic mass is 16.5. The molecule has 2 heterocycles.